The highest BCUT2D eigenvalue weighted by Crippen LogP contribution is 2.17. The Bertz CT molecular complexity index is 326. The quantitative estimate of drug-likeness (QED) is 0.775. The first kappa shape index (κ1) is 13.0. The third kappa shape index (κ3) is 4.21. The van der Waals surface area contributed by atoms with E-state index in [4.69, 9.17) is 4.74 Å². The lowest BCUT2D eigenvalue weighted by atomic mass is 10.1. The number of hydrogen-bond acceptors (Lipinski definition) is 3. The summed E-state index contributed by atoms with van der Waals surface area (Å²) in [5.74, 6) is 0.842. The average molecular weight is 223 g/mol. The van der Waals surface area contributed by atoms with Crippen LogP contribution in [0.25, 0.3) is 0 Å². The predicted octanol–water partition coefficient (Wildman–Crippen LogP) is 2.07. The number of phenolic OH excluding ortho intramolecular Hbond substituents is 1. The fourth-order valence-electron chi connectivity index (χ4n) is 1.65. The minimum atomic E-state index is 0.359. The molecule has 90 valence electrons. The summed E-state index contributed by atoms with van der Waals surface area (Å²) in [4.78, 5) is 0. The van der Waals surface area contributed by atoms with Crippen LogP contribution >= 0.6 is 0 Å². The lowest BCUT2D eigenvalue weighted by Gasteiger charge is -2.12. The van der Waals surface area contributed by atoms with Crippen LogP contribution in [0.2, 0.25) is 0 Å². The molecular formula is C13H21NO2. The highest BCUT2D eigenvalue weighted by Gasteiger charge is 2.03. The number of rotatable bonds is 6. The molecule has 3 nitrogen and oxygen atoms in total. The summed E-state index contributed by atoms with van der Waals surface area (Å²) in [6.45, 7) is 6.50. The summed E-state index contributed by atoms with van der Waals surface area (Å²) in [6.07, 6.45) is 0. The molecule has 0 aromatic heterocycles. The van der Waals surface area contributed by atoms with Gasteiger partial charge in [0.25, 0.3) is 0 Å². The van der Waals surface area contributed by atoms with E-state index in [1.807, 2.05) is 19.1 Å². The van der Waals surface area contributed by atoms with Crippen LogP contribution in [0.15, 0.2) is 18.2 Å². The van der Waals surface area contributed by atoms with Crippen molar-refractivity contribution in [3.8, 4) is 5.75 Å². The van der Waals surface area contributed by atoms with Gasteiger partial charge in [0.1, 0.15) is 5.75 Å². The Morgan fingerprint density at radius 2 is 2.19 bits per heavy atom. The molecule has 1 unspecified atom stereocenters. The molecule has 0 aliphatic rings. The second-order valence-electron chi connectivity index (χ2n) is 4.32. The molecule has 3 heteroatoms. The van der Waals surface area contributed by atoms with Crippen LogP contribution in [0, 0.1) is 12.8 Å². The molecule has 0 fully saturated rings. The predicted molar refractivity (Wildman–Crippen MR) is 65.6 cm³/mol. The monoisotopic (exact) mass is 223 g/mol. The Balaban J connectivity index is 2.39. The van der Waals surface area contributed by atoms with Gasteiger partial charge in [-0.3, -0.25) is 0 Å². The Morgan fingerprint density at radius 1 is 1.44 bits per heavy atom. The molecule has 1 aromatic carbocycles. The fourth-order valence-corrected chi connectivity index (χ4v) is 1.65. The fraction of sp³-hybridized carbons (Fsp3) is 0.538. The zero-order valence-corrected chi connectivity index (χ0v) is 10.3. The van der Waals surface area contributed by atoms with Crippen molar-refractivity contribution in [3.05, 3.63) is 29.3 Å². The number of aromatic hydroxyl groups is 1. The minimum Gasteiger partial charge on any atom is -0.508 e. The molecule has 1 aromatic rings. The lowest BCUT2D eigenvalue weighted by molar-refractivity contribution is 0.158. The van der Waals surface area contributed by atoms with Gasteiger partial charge in [-0.1, -0.05) is 24.6 Å². The van der Waals surface area contributed by atoms with Crippen LogP contribution in [0.4, 0.5) is 0 Å². The van der Waals surface area contributed by atoms with E-state index >= 15 is 0 Å². The van der Waals surface area contributed by atoms with Crippen LogP contribution < -0.4 is 5.32 Å². The van der Waals surface area contributed by atoms with Gasteiger partial charge < -0.3 is 15.2 Å². The first-order valence-electron chi connectivity index (χ1n) is 5.61. The molecule has 0 saturated heterocycles. The Labute approximate surface area is 97.4 Å². The summed E-state index contributed by atoms with van der Waals surface area (Å²) >= 11 is 0. The standard InChI is InChI=1S/C13H21NO2/c1-10-4-5-13(15)12(6-10)8-14-7-11(2)9-16-3/h4-6,11,14-15H,7-9H2,1-3H3. The Morgan fingerprint density at radius 3 is 2.88 bits per heavy atom. The largest absolute Gasteiger partial charge is 0.508 e. The summed E-state index contributed by atoms with van der Waals surface area (Å²) in [7, 11) is 1.71. The van der Waals surface area contributed by atoms with Crippen molar-refractivity contribution >= 4 is 0 Å². The molecule has 0 heterocycles. The molecule has 0 spiro atoms. The second kappa shape index (κ2) is 6.51. The van der Waals surface area contributed by atoms with E-state index in [-0.39, 0.29) is 0 Å². The molecular weight excluding hydrogens is 202 g/mol. The normalized spacial score (nSPS) is 12.7. The van der Waals surface area contributed by atoms with Gasteiger partial charge in [-0.05, 0) is 18.9 Å². The van der Waals surface area contributed by atoms with E-state index in [0.717, 1.165) is 18.7 Å². The van der Waals surface area contributed by atoms with Crippen LogP contribution in [0.1, 0.15) is 18.1 Å². The molecule has 0 amide bonds. The minimum absolute atomic E-state index is 0.359. The number of aryl methyl sites for hydroxylation is 1. The van der Waals surface area contributed by atoms with Crippen molar-refractivity contribution in [3.63, 3.8) is 0 Å². The highest BCUT2D eigenvalue weighted by molar-refractivity contribution is 5.35. The number of phenols is 1. The van der Waals surface area contributed by atoms with Crippen molar-refractivity contribution < 1.29 is 9.84 Å². The number of methoxy groups -OCH3 is 1. The summed E-state index contributed by atoms with van der Waals surface area (Å²) in [6, 6.07) is 5.65. The number of ether oxygens (including phenoxy) is 1. The van der Waals surface area contributed by atoms with Crippen molar-refractivity contribution in [2.24, 2.45) is 5.92 Å². The van der Waals surface area contributed by atoms with Gasteiger partial charge in [-0.2, -0.15) is 0 Å². The lowest BCUT2D eigenvalue weighted by Crippen LogP contribution is -2.23. The smallest absolute Gasteiger partial charge is 0.120 e. The maximum Gasteiger partial charge on any atom is 0.120 e. The molecule has 0 aliphatic carbocycles. The van der Waals surface area contributed by atoms with Crippen molar-refractivity contribution in [1.29, 1.82) is 0 Å². The van der Waals surface area contributed by atoms with E-state index in [1.165, 1.54) is 5.56 Å². The topological polar surface area (TPSA) is 41.5 Å². The van der Waals surface area contributed by atoms with Crippen molar-refractivity contribution in [2.75, 3.05) is 20.3 Å². The van der Waals surface area contributed by atoms with Crippen LogP contribution in [0.3, 0.4) is 0 Å². The van der Waals surface area contributed by atoms with Gasteiger partial charge in [-0.25, -0.2) is 0 Å². The zero-order chi connectivity index (χ0) is 12.0. The zero-order valence-electron chi connectivity index (χ0n) is 10.3. The molecule has 1 atom stereocenters. The van der Waals surface area contributed by atoms with Crippen molar-refractivity contribution in [1.82, 2.24) is 5.32 Å². The first-order valence-corrected chi connectivity index (χ1v) is 5.61. The van der Waals surface area contributed by atoms with E-state index in [0.29, 0.717) is 18.2 Å². The third-order valence-corrected chi connectivity index (χ3v) is 2.49. The summed E-state index contributed by atoms with van der Waals surface area (Å²) < 4.78 is 5.06. The maximum absolute atomic E-state index is 9.64. The molecule has 0 saturated carbocycles. The Hall–Kier alpha value is -1.06. The van der Waals surface area contributed by atoms with Gasteiger partial charge in [0.15, 0.2) is 0 Å². The maximum atomic E-state index is 9.64. The first-order chi connectivity index (χ1) is 7.63. The molecule has 0 radical (unpaired) electrons. The van der Waals surface area contributed by atoms with Gasteiger partial charge in [-0.15, -0.1) is 0 Å². The van der Waals surface area contributed by atoms with Crippen LogP contribution in [-0.4, -0.2) is 25.4 Å². The van der Waals surface area contributed by atoms with Gasteiger partial charge in [0, 0.05) is 32.4 Å². The van der Waals surface area contributed by atoms with E-state index < -0.39 is 0 Å². The van der Waals surface area contributed by atoms with Gasteiger partial charge in [0.05, 0.1) is 0 Å². The van der Waals surface area contributed by atoms with E-state index in [9.17, 15) is 5.11 Å². The average Bonchev–Trinajstić information content (AvgIpc) is 2.23. The third-order valence-electron chi connectivity index (χ3n) is 2.49. The van der Waals surface area contributed by atoms with Crippen LogP contribution in [-0.2, 0) is 11.3 Å². The van der Waals surface area contributed by atoms with E-state index in [2.05, 4.69) is 12.2 Å². The van der Waals surface area contributed by atoms with Crippen molar-refractivity contribution in [2.45, 2.75) is 20.4 Å². The summed E-state index contributed by atoms with van der Waals surface area (Å²) in [5.41, 5.74) is 2.11. The highest BCUT2D eigenvalue weighted by atomic mass is 16.5. The molecule has 16 heavy (non-hydrogen) atoms. The second-order valence-corrected chi connectivity index (χ2v) is 4.32. The SMILES string of the molecule is COCC(C)CNCc1cc(C)ccc1O. The number of hydrogen-bond donors (Lipinski definition) is 2. The Kier molecular flexibility index (Phi) is 5.29. The number of nitrogens with one attached hydrogen (secondary N) is 1. The van der Waals surface area contributed by atoms with Gasteiger partial charge in [0.2, 0.25) is 0 Å². The number of benzene rings is 1. The molecule has 2 N–H and O–H groups in total. The molecule has 0 bridgehead atoms. The van der Waals surface area contributed by atoms with E-state index in [1.54, 1.807) is 13.2 Å². The molecule has 0 aliphatic heterocycles. The van der Waals surface area contributed by atoms with Gasteiger partial charge >= 0.3 is 0 Å². The van der Waals surface area contributed by atoms with Crippen LogP contribution in [0.5, 0.6) is 5.75 Å². The summed E-state index contributed by atoms with van der Waals surface area (Å²) in [5, 5.41) is 13.0. The molecule has 1 rings (SSSR count).